The molecule has 0 spiro atoms. The van der Waals surface area contributed by atoms with Crippen molar-refractivity contribution in [1.82, 2.24) is 34.0 Å². The Kier molecular flexibility index (Phi) is 7.47. The van der Waals surface area contributed by atoms with Gasteiger partial charge in [0, 0.05) is 31.2 Å². The average molecular weight is 601 g/mol. The van der Waals surface area contributed by atoms with Gasteiger partial charge in [-0.1, -0.05) is 0 Å². The second-order valence-electron chi connectivity index (χ2n) is 9.91. The standard InChI is InChI=1S/C27H24F4N8O2S/c28-17-3-1-16(2-4-17)24-25(38(14-33-24)18-7-9-37(10-8-18)12-21(40)27(29,30)31)19-5-6-23-34-22(13-39(23)36-19)35-26(41)20-11-32-15-42-20/h1-6,11,13-15,18,21,40H,7-10,12H2,(H,35,41). The van der Waals surface area contributed by atoms with Crippen molar-refractivity contribution in [3.05, 3.63) is 71.3 Å². The molecule has 0 bridgehead atoms. The van der Waals surface area contributed by atoms with Crippen LogP contribution in [0.1, 0.15) is 28.6 Å². The summed E-state index contributed by atoms with van der Waals surface area (Å²) in [5.74, 6) is -0.426. The first kappa shape index (κ1) is 27.9. The Bertz CT molecular complexity index is 1690. The van der Waals surface area contributed by atoms with Crippen LogP contribution in [0.4, 0.5) is 23.4 Å². The van der Waals surface area contributed by atoms with Crippen LogP contribution in [-0.4, -0.2) is 77.0 Å². The number of carbonyl (C=O) groups is 1. The van der Waals surface area contributed by atoms with Gasteiger partial charge in [0.2, 0.25) is 0 Å². The van der Waals surface area contributed by atoms with E-state index in [4.69, 9.17) is 5.10 Å². The summed E-state index contributed by atoms with van der Waals surface area (Å²) in [4.78, 5) is 27.5. The lowest BCUT2D eigenvalue weighted by Crippen LogP contribution is -2.44. The molecule has 4 aromatic heterocycles. The van der Waals surface area contributed by atoms with E-state index < -0.39 is 18.8 Å². The number of nitrogens with one attached hydrogen (secondary N) is 1. The maximum atomic E-state index is 13.7. The highest BCUT2D eigenvalue weighted by Gasteiger charge is 2.39. The summed E-state index contributed by atoms with van der Waals surface area (Å²) in [5, 5.41) is 17.0. The second kappa shape index (κ2) is 11.2. The predicted octanol–water partition coefficient (Wildman–Crippen LogP) is 4.67. The quantitative estimate of drug-likeness (QED) is 0.261. The largest absolute Gasteiger partial charge is 0.415 e. The number of carbonyl (C=O) groups excluding carboxylic acids is 1. The predicted molar refractivity (Wildman–Crippen MR) is 146 cm³/mol. The van der Waals surface area contributed by atoms with Crippen LogP contribution in [0.2, 0.25) is 0 Å². The number of anilines is 1. The number of aromatic nitrogens is 6. The monoisotopic (exact) mass is 600 g/mol. The molecule has 2 N–H and O–H groups in total. The van der Waals surface area contributed by atoms with Crippen LogP contribution in [0.15, 0.2) is 60.6 Å². The Balaban J connectivity index is 1.31. The van der Waals surface area contributed by atoms with E-state index in [1.807, 2.05) is 4.57 Å². The number of fused-ring (bicyclic) bond motifs is 1. The molecule has 0 aliphatic carbocycles. The number of amides is 1. The third kappa shape index (κ3) is 5.75. The normalized spacial score (nSPS) is 15.7. The summed E-state index contributed by atoms with van der Waals surface area (Å²) in [7, 11) is 0. The first-order valence-electron chi connectivity index (χ1n) is 13.0. The van der Waals surface area contributed by atoms with E-state index >= 15 is 0 Å². The molecular formula is C27H24F4N8O2S. The van der Waals surface area contributed by atoms with Crippen molar-refractivity contribution in [1.29, 1.82) is 0 Å². The Labute approximate surface area is 240 Å². The van der Waals surface area contributed by atoms with Crippen LogP contribution in [0.25, 0.3) is 28.3 Å². The van der Waals surface area contributed by atoms with Gasteiger partial charge >= 0.3 is 6.18 Å². The lowest BCUT2D eigenvalue weighted by Gasteiger charge is -2.34. The van der Waals surface area contributed by atoms with Crippen LogP contribution < -0.4 is 5.32 Å². The lowest BCUT2D eigenvalue weighted by molar-refractivity contribution is -0.208. The molecule has 1 amide bonds. The van der Waals surface area contributed by atoms with E-state index in [2.05, 4.69) is 20.3 Å². The smallest absolute Gasteiger partial charge is 0.382 e. The fourth-order valence-corrected chi connectivity index (χ4v) is 5.53. The van der Waals surface area contributed by atoms with Crippen molar-refractivity contribution in [2.75, 3.05) is 25.0 Å². The van der Waals surface area contributed by atoms with Gasteiger partial charge in [0.15, 0.2) is 17.6 Å². The number of likely N-dealkylation sites (tertiary alicyclic amines) is 1. The van der Waals surface area contributed by atoms with E-state index in [-0.39, 0.29) is 17.8 Å². The number of rotatable bonds is 7. The van der Waals surface area contributed by atoms with Crippen LogP contribution in [0, 0.1) is 5.82 Å². The van der Waals surface area contributed by atoms with E-state index in [0.717, 1.165) is 0 Å². The van der Waals surface area contributed by atoms with Gasteiger partial charge in [-0.05, 0) is 49.2 Å². The highest BCUT2D eigenvalue weighted by Crippen LogP contribution is 2.36. The van der Waals surface area contributed by atoms with E-state index in [0.29, 0.717) is 64.9 Å². The van der Waals surface area contributed by atoms with Crippen molar-refractivity contribution in [2.45, 2.75) is 31.2 Å². The van der Waals surface area contributed by atoms with Crippen LogP contribution in [-0.2, 0) is 0 Å². The number of aliphatic hydroxyl groups excluding tert-OH is 1. The summed E-state index contributed by atoms with van der Waals surface area (Å²) in [6, 6.07) is 9.34. The maximum absolute atomic E-state index is 13.7. The minimum atomic E-state index is -4.67. The average Bonchev–Trinajstić information content (AvgIpc) is 3.73. The Hall–Kier alpha value is -4.21. The molecule has 1 aromatic carbocycles. The third-order valence-corrected chi connectivity index (χ3v) is 7.90. The molecule has 1 fully saturated rings. The van der Waals surface area contributed by atoms with Gasteiger partial charge < -0.3 is 19.9 Å². The summed E-state index contributed by atoms with van der Waals surface area (Å²) in [6.45, 7) is 0.241. The number of benzene rings is 1. The van der Waals surface area contributed by atoms with E-state index in [9.17, 15) is 27.5 Å². The molecule has 1 aliphatic rings. The van der Waals surface area contributed by atoms with Gasteiger partial charge in [-0.2, -0.15) is 18.3 Å². The molecule has 15 heteroatoms. The number of piperidine rings is 1. The van der Waals surface area contributed by atoms with Gasteiger partial charge in [-0.25, -0.2) is 18.9 Å². The zero-order chi connectivity index (χ0) is 29.4. The van der Waals surface area contributed by atoms with Gasteiger partial charge in [-0.15, -0.1) is 11.3 Å². The first-order chi connectivity index (χ1) is 20.2. The highest BCUT2D eigenvalue weighted by molar-refractivity contribution is 7.11. The Morgan fingerprint density at radius 3 is 2.60 bits per heavy atom. The van der Waals surface area contributed by atoms with Gasteiger partial charge in [0.1, 0.15) is 16.4 Å². The van der Waals surface area contributed by atoms with Gasteiger partial charge in [0.25, 0.3) is 5.91 Å². The molecule has 1 aliphatic heterocycles. The highest BCUT2D eigenvalue weighted by atomic mass is 32.1. The Morgan fingerprint density at radius 1 is 1.14 bits per heavy atom. The number of imidazole rings is 2. The number of alkyl halides is 3. The maximum Gasteiger partial charge on any atom is 0.415 e. The third-order valence-electron chi connectivity index (χ3n) is 7.13. The number of β-amino-alcohol motifs (C(OH)–C–C–N with tert-alkyl or cyclic N) is 1. The summed E-state index contributed by atoms with van der Waals surface area (Å²) < 4.78 is 55.8. The van der Waals surface area contributed by atoms with Crippen molar-refractivity contribution in [2.24, 2.45) is 0 Å². The summed E-state index contributed by atoms with van der Waals surface area (Å²) in [6.07, 6.45) is -1.30. The fourth-order valence-electron chi connectivity index (χ4n) is 5.01. The van der Waals surface area contributed by atoms with Crippen molar-refractivity contribution in [3.8, 4) is 22.6 Å². The minimum absolute atomic E-state index is 0.101. The molecule has 5 heterocycles. The molecule has 1 saturated heterocycles. The Morgan fingerprint density at radius 2 is 1.90 bits per heavy atom. The zero-order valence-electron chi connectivity index (χ0n) is 21.9. The lowest BCUT2D eigenvalue weighted by atomic mass is 10.0. The molecule has 0 saturated carbocycles. The SMILES string of the molecule is O=C(Nc1cn2nc(-c3c(-c4ccc(F)cc4)ncn3C3CCN(CC(O)C(F)(F)F)CC3)ccc2n1)c1cncs1. The molecule has 5 aromatic rings. The number of aliphatic hydroxyl groups is 1. The van der Waals surface area contributed by atoms with Crippen molar-refractivity contribution >= 4 is 28.7 Å². The number of hydrogen-bond donors (Lipinski definition) is 2. The molecule has 218 valence electrons. The van der Waals surface area contributed by atoms with Crippen LogP contribution in [0.3, 0.4) is 0 Å². The van der Waals surface area contributed by atoms with Crippen LogP contribution >= 0.6 is 11.3 Å². The van der Waals surface area contributed by atoms with E-state index in [1.165, 1.54) is 34.2 Å². The molecule has 1 atom stereocenters. The topological polar surface area (TPSA) is 113 Å². The van der Waals surface area contributed by atoms with Crippen molar-refractivity contribution in [3.63, 3.8) is 0 Å². The number of nitrogens with zero attached hydrogens (tertiary/aromatic N) is 7. The van der Waals surface area contributed by atoms with Crippen LogP contribution in [0.5, 0.6) is 0 Å². The van der Waals surface area contributed by atoms with Gasteiger partial charge in [0.05, 0.1) is 35.6 Å². The molecule has 10 nitrogen and oxygen atoms in total. The molecule has 1 unspecified atom stereocenters. The number of hydrogen-bond acceptors (Lipinski definition) is 8. The zero-order valence-corrected chi connectivity index (χ0v) is 22.7. The molecular weight excluding hydrogens is 576 g/mol. The molecule has 0 radical (unpaired) electrons. The number of thiazole rings is 1. The summed E-state index contributed by atoms with van der Waals surface area (Å²) in [5.41, 5.74) is 4.47. The van der Waals surface area contributed by atoms with Gasteiger partial charge in [-0.3, -0.25) is 9.78 Å². The second-order valence-corrected chi connectivity index (χ2v) is 10.8. The fraction of sp³-hybridized carbons (Fsp3) is 0.296. The number of halogens is 4. The molecule has 42 heavy (non-hydrogen) atoms. The molecule has 6 rings (SSSR count). The first-order valence-corrected chi connectivity index (χ1v) is 13.9. The van der Waals surface area contributed by atoms with Crippen molar-refractivity contribution < 1.29 is 27.5 Å². The summed E-state index contributed by atoms with van der Waals surface area (Å²) >= 11 is 1.21. The minimum Gasteiger partial charge on any atom is -0.382 e. The van der Waals surface area contributed by atoms with E-state index in [1.54, 1.807) is 47.2 Å².